The summed E-state index contributed by atoms with van der Waals surface area (Å²) in [6, 6.07) is 5.97. The van der Waals surface area contributed by atoms with E-state index in [0.717, 1.165) is 0 Å². The first-order valence-corrected chi connectivity index (χ1v) is 5.35. The predicted octanol–water partition coefficient (Wildman–Crippen LogP) is 1.37. The standard InChI is InChI=1S/C10H8BrN5O2/c11-6-1-5(10(17)18)2-7(3-6)15-16-8(4-12)9(13)14/h1-3,15H,(H3,13,14)(H,17,18)/b16-8+. The van der Waals surface area contributed by atoms with Crippen LogP contribution in [0.2, 0.25) is 0 Å². The zero-order valence-corrected chi connectivity index (χ0v) is 10.5. The number of aromatic carboxylic acids is 1. The highest BCUT2D eigenvalue weighted by Crippen LogP contribution is 2.19. The Morgan fingerprint density at radius 2 is 2.22 bits per heavy atom. The van der Waals surface area contributed by atoms with Gasteiger partial charge in [-0.1, -0.05) is 15.9 Å². The Balaban J connectivity index is 3.02. The molecule has 1 rings (SSSR count). The summed E-state index contributed by atoms with van der Waals surface area (Å²) in [6.45, 7) is 0. The van der Waals surface area contributed by atoms with E-state index in [1.54, 1.807) is 12.1 Å². The fourth-order valence-electron chi connectivity index (χ4n) is 1.04. The van der Waals surface area contributed by atoms with Crippen molar-refractivity contribution < 1.29 is 9.90 Å². The summed E-state index contributed by atoms with van der Waals surface area (Å²) >= 11 is 3.15. The molecule has 0 amide bonds. The second-order valence-electron chi connectivity index (χ2n) is 3.13. The van der Waals surface area contributed by atoms with Gasteiger partial charge in [0.15, 0.2) is 5.84 Å². The minimum atomic E-state index is -1.09. The third kappa shape index (κ3) is 3.57. The molecule has 0 aliphatic heterocycles. The summed E-state index contributed by atoms with van der Waals surface area (Å²) in [5.41, 5.74) is 7.70. The number of anilines is 1. The van der Waals surface area contributed by atoms with Crippen LogP contribution < -0.4 is 11.2 Å². The molecule has 0 aliphatic carbocycles. The lowest BCUT2D eigenvalue weighted by Crippen LogP contribution is -2.21. The Kier molecular flexibility index (Phi) is 4.39. The molecule has 0 aliphatic rings. The first-order chi connectivity index (χ1) is 8.43. The van der Waals surface area contributed by atoms with Crippen LogP contribution in [-0.2, 0) is 0 Å². The minimum absolute atomic E-state index is 0.0587. The number of nitrogens with one attached hydrogen (secondary N) is 2. The van der Waals surface area contributed by atoms with Crippen molar-refractivity contribution in [2.75, 3.05) is 5.43 Å². The van der Waals surface area contributed by atoms with Crippen LogP contribution in [0.4, 0.5) is 5.69 Å². The molecule has 8 heteroatoms. The van der Waals surface area contributed by atoms with Gasteiger partial charge < -0.3 is 10.8 Å². The molecule has 0 atom stereocenters. The summed E-state index contributed by atoms with van der Waals surface area (Å²) in [7, 11) is 0. The topological polar surface area (TPSA) is 135 Å². The van der Waals surface area contributed by atoms with Gasteiger partial charge in [0.1, 0.15) is 6.07 Å². The van der Waals surface area contributed by atoms with Crippen molar-refractivity contribution in [3.05, 3.63) is 28.2 Å². The maximum absolute atomic E-state index is 10.8. The SMILES string of the molecule is N#C/C(=N\Nc1cc(Br)cc(C(=O)O)c1)C(=N)N. The third-order valence-corrected chi connectivity index (χ3v) is 2.26. The molecule has 7 nitrogen and oxygen atoms in total. The quantitative estimate of drug-likeness (QED) is 0.378. The van der Waals surface area contributed by atoms with Crippen LogP contribution in [0.15, 0.2) is 27.8 Å². The lowest BCUT2D eigenvalue weighted by molar-refractivity contribution is 0.0697. The highest BCUT2D eigenvalue weighted by atomic mass is 79.9. The molecule has 0 unspecified atom stereocenters. The summed E-state index contributed by atoms with van der Waals surface area (Å²) < 4.78 is 0.543. The van der Waals surface area contributed by atoms with Crippen LogP contribution in [0.3, 0.4) is 0 Å². The zero-order valence-electron chi connectivity index (χ0n) is 8.94. The van der Waals surface area contributed by atoms with Gasteiger partial charge in [-0.3, -0.25) is 10.8 Å². The Morgan fingerprint density at radius 3 is 2.72 bits per heavy atom. The van der Waals surface area contributed by atoms with Crippen molar-refractivity contribution in [3.8, 4) is 6.07 Å². The average Bonchev–Trinajstić information content (AvgIpc) is 2.28. The zero-order chi connectivity index (χ0) is 13.7. The number of nitrogens with two attached hydrogens (primary N) is 1. The number of hydrogen-bond acceptors (Lipinski definition) is 5. The lowest BCUT2D eigenvalue weighted by atomic mass is 10.2. The van der Waals surface area contributed by atoms with Crippen molar-refractivity contribution in [3.63, 3.8) is 0 Å². The molecular formula is C10H8BrN5O2. The van der Waals surface area contributed by atoms with Crippen molar-refractivity contribution in [2.45, 2.75) is 0 Å². The monoisotopic (exact) mass is 309 g/mol. The molecule has 0 saturated carbocycles. The molecule has 1 aromatic carbocycles. The molecule has 5 N–H and O–H groups in total. The summed E-state index contributed by atoms with van der Waals surface area (Å²) in [5, 5.41) is 28.1. The average molecular weight is 310 g/mol. The molecule has 0 fully saturated rings. The highest BCUT2D eigenvalue weighted by Gasteiger charge is 2.06. The molecule has 0 aromatic heterocycles. The number of hydrazone groups is 1. The van der Waals surface area contributed by atoms with Crippen LogP contribution in [-0.4, -0.2) is 22.6 Å². The van der Waals surface area contributed by atoms with E-state index in [4.69, 9.17) is 21.5 Å². The van der Waals surface area contributed by atoms with E-state index in [1.807, 2.05) is 0 Å². The number of carboxylic acid groups (broad SMARTS) is 1. The van der Waals surface area contributed by atoms with Gasteiger partial charge in [-0.2, -0.15) is 10.4 Å². The first-order valence-electron chi connectivity index (χ1n) is 4.56. The van der Waals surface area contributed by atoms with Gasteiger partial charge in [0.05, 0.1) is 11.3 Å². The highest BCUT2D eigenvalue weighted by molar-refractivity contribution is 9.10. The number of amidine groups is 1. The molecule has 1 aromatic rings. The molecular weight excluding hydrogens is 302 g/mol. The van der Waals surface area contributed by atoms with Crippen LogP contribution in [0.25, 0.3) is 0 Å². The Labute approximate surface area is 111 Å². The van der Waals surface area contributed by atoms with Crippen LogP contribution in [0.5, 0.6) is 0 Å². The number of nitriles is 1. The number of carbonyl (C=O) groups is 1. The number of carboxylic acids is 1. The van der Waals surface area contributed by atoms with Crippen molar-refractivity contribution in [1.82, 2.24) is 0 Å². The number of hydrogen-bond donors (Lipinski definition) is 4. The maximum Gasteiger partial charge on any atom is 0.335 e. The third-order valence-electron chi connectivity index (χ3n) is 1.80. The Bertz CT molecular complexity index is 576. The maximum atomic E-state index is 10.8. The second kappa shape index (κ2) is 5.79. The van der Waals surface area contributed by atoms with Crippen LogP contribution >= 0.6 is 15.9 Å². The summed E-state index contributed by atoms with van der Waals surface area (Å²) in [5.74, 6) is -1.56. The van der Waals surface area contributed by atoms with Crippen LogP contribution in [0, 0.1) is 16.7 Å². The van der Waals surface area contributed by atoms with Gasteiger partial charge in [0, 0.05) is 4.47 Å². The fourth-order valence-corrected chi connectivity index (χ4v) is 1.54. The van der Waals surface area contributed by atoms with Gasteiger partial charge in [-0.25, -0.2) is 4.79 Å². The number of benzene rings is 1. The van der Waals surface area contributed by atoms with Crippen molar-refractivity contribution in [2.24, 2.45) is 10.8 Å². The van der Waals surface area contributed by atoms with Gasteiger partial charge in [0.25, 0.3) is 0 Å². The van der Waals surface area contributed by atoms with Gasteiger partial charge in [-0.15, -0.1) is 0 Å². The normalized spacial score (nSPS) is 10.6. The number of halogens is 1. The van der Waals surface area contributed by atoms with E-state index < -0.39 is 11.8 Å². The summed E-state index contributed by atoms with van der Waals surface area (Å²) in [4.78, 5) is 10.8. The number of rotatable bonds is 4. The number of nitrogens with zero attached hydrogens (tertiary/aromatic N) is 2. The molecule has 0 bridgehead atoms. The fraction of sp³-hybridized carbons (Fsp3) is 0. The molecule has 18 heavy (non-hydrogen) atoms. The van der Waals surface area contributed by atoms with E-state index in [9.17, 15) is 4.79 Å². The molecule has 92 valence electrons. The molecule has 0 radical (unpaired) electrons. The van der Waals surface area contributed by atoms with E-state index in [-0.39, 0.29) is 11.3 Å². The minimum Gasteiger partial charge on any atom is -0.478 e. The Hall–Kier alpha value is -2.40. The van der Waals surface area contributed by atoms with Crippen molar-refractivity contribution >= 4 is 39.1 Å². The molecule has 0 spiro atoms. The van der Waals surface area contributed by atoms with E-state index >= 15 is 0 Å². The van der Waals surface area contributed by atoms with E-state index in [0.29, 0.717) is 10.2 Å². The van der Waals surface area contributed by atoms with E-state index in [1.165, 1.54) is 12.1 Å². The smallest absolute Gasteiger partial charge is 0.335 e. The molecule has 0 saturated heterocycles. The Morgan fingerprint density at radius 1 is 1.56 bits per heavy atom. The predicted molar refractivity (Wildman–Crippen MR) is 69.7 cm³/mol. The summed E-state index contributed by atoms with van der Waals surface area (Å²) in [6.07, 6.45) is 0. The van der Waals surface area contributed by atoms with Gasteiger partial charge in [0.2, 0.25) is 5.71 Å². The van der Waals surface area contributed by atoms with Crippen molar-refractivity contribution in [1.29, 1.82) is 10.7 Å². The first kappa shape index (κ1) is 13.7. The molecule has 0 heterocycles. The largest absolute Gasteiger partial charge is 0.478 e. The lowest BCUT2D eigenvalue weighted by Gasteiger charge is -2.04. The second-order valence-corrected chi connectivity index (χ2v) is 4.05. The van der Waals surface area contributed by atoms with E-state index in [2.05, 4.69) is 26.5 Å². The van der Waals surface area contributed by atoms with Gasteiger partial charge in [-0.05, 0) is 18.2 Å². The van der Waals surface area contributed by atoms with Crippen LogP contribution in [0.1, 0.15) is 10.4 Å². The van der Waals surface area contributed by atoms with Gasteiger partial charge >= 0.3 is 5.97 Å².